The first-order chi connectivity index (χ1) is 5.74. The molecule has 12 heavy (non-hydrogen) atoms. The van der Waals surface area contributed by atoms with Crippen LogP contribution in [0, 0.1) is 17.4 Å². The molecule has 66 valence electrons. The van der Waals surface area contributed by atoms with Crippen molar-refractivity contribution in [2.75, 3.05) is 6.61 Å². The fourth-order valence-corrected chi connectivity index (χ4v) is 1.34. The first-order valence-corrected chi connectivity index (χ1v) is 3.95. The molecule has 0 bridgehead atoms. The van der Waals surface area contributed by atoms with Crippen LogP contribution in [-0.2, 0) is 14.3 Å². The number of nitriles is 1. The van der Waals surface area contributed by atoms with E-state index in [0.29, 0.717) is 19.4 Å². The normalized spacial score (nSPS) is 29.0. The van der Waals surface area contributed by atoms with Crippen molar-refractivity contribution in [1.29, 1.82) is 5.26 Å². The molecule has 1 rings (SSSR count). The molecule has 0 aromatic heterocycles. The summed E-state index contributed by atoms with van der Waals surface area (Å²) in [4.78, 5) is 11.0. The monoisotopic (exact) mass is 169 g/mol. The zero-order chi connectivity index (χ0) is 8.97. The summed E-state index contributed by atoms with van der Waals surface area (Å²) in [6, 6.07) is 0. The molecule has 0 aromatic rings. The first-order valence-electron chi connectivity index (χ1n) is 3.95. The van der Waals surface area contributed by atoms with Crippen LogP contribution in [0.4, 0.5) is 0 Å². The Bertz CT molecular complexity index is 209. The van der Waals surface area contributed by atoms with E-state index in [1.807, 2.05) is 6.92 Å². The van der Waals surface area contributed by atoms with Crippen molar-refractivity contribution in [3.05, 3.63) is 0 Å². The Labute approximate surface area is 71.1 Å². The van der Waals surface area contributed by atoms with Gasteiger partial charge >= 0.3 is 5.97 Å². The van der Waals surface area contributed by atoms with Gasteiger partial charge in [-0.2, -0.15) is 0 Å². The van der Waals surface area contributed by atoms with Gasteiger partial charge < -0.3 is 9.47 Å². The van der Waals surface area contributed by atoms with Crippen LogP contribution in [0.5, 0.6) is 0 Å². The molecule has 0 N–H and O–H groups in total. The maximum Gasteiger partial charge on any atom is 0.324 e. The molecule has 1 heterocycles. The molecule has 1 aliphatic rings. The van der Waals surface area contributed by atoms with Gasteiger partial charge in [-0.3, -0.25) is 4.79 Å². The molecule has 0 aromatic carbocycles. The van der Waals surface area contributed by atoms with Crippen molar-refractivity contribution in [2.24, 2.45) is 5.92 Å². The standard InChI is InChI=1S/C8H11NO3/c1-6-4-7(2-3-11-6)8(10)12-5-9/h6-7H,2-4H2,1H3. The predicted octanol–water partition coefficient (Wildman–Crippen LogP) is 0.826. The van der Waals surface area contributed by atoms with Crippen LogP contribution in [0.3, 0.4) is 0 Å². The molecule has 0 amide bonds. The first kappa shape index (κ1) is 9.01. The Morgan fingerprint density at radius 3 is 3.08 bits per heavy atom. The van der Waals surface area contributed by atoms with Crippen LogP contribution in [0.25, 0.3) is 0 Å². The fraction of sp³-hybridized carbons (Fsp3) is 0.750. The second-order valence-corrected chi connectivity index (χ2v) is 2.92. The van der Waals surface area contributed by atoms with Crippen molar-refractivity contribution in [3.63, 3.8) is 0 Å². The lowest BCUT2D eigenvalue weighted by Gasteiger charge is -2.24. The maximum absolute atomic E-state index is 11.0. The van der Waals surface area contributed by atoms with Gasteiger partial charge in [-0.15, -0.1) is 5.26 Å². The average molecular weight is 169 g/mol. The SMILES string of the molecule is CC1CC(C(=O)OC#N)CCO1. The molecule has 0 spiro atoms. The van der Waals surface area contributed by atoms with Crippen LogP contribution in [0.1, 0.15) is 19.8 Å². The lowest BCUT2D eigenvalue weighted by Crippen LogP contribution is -2.29. The minimum atomic E-state index is -0.423. The smallest absolute Gasteiger partial charge is 0.324 e. The van der Waals surface area contributed by atoms with Crippen molar-refractivity contribution in [1.82, 2.24) is 0 Å². The summed E-state index contributed by atoms with van der Waals surface area (Å²) in [5.74, 6) is -0.582. The fourth-order valence-electron chi connectivity index (χ4n) is 1.34. The molecule has 2 atom stereocenters. The number of carbonyl (C=O) groups excluding carboxylic acids is 1. The molecule has 1 fully saturated rings. The number of ether oxygens (including phenoxy) is 2. The van der Waals surface area contributed by atoms with E-state index in [2.05, 4.69) is 4.74 Å². The highest BCUT2D eigenvalue weighted by molar-refractivity contribution is 5.73. The highest BCUT2D eigenvalue weighted by Gasteiger charge is 2.26. The highest BCUT2D eigenvalue weighted by Crippen LogP contribution is 2.20. The van der Waals surface area contributed by atoms with Gasteiger partial charge in [0.1, 0.15) is 0 Å². The Morgan fingerprint density at radius 1 is 1.75 bits per heavy atom. The lowest BCUT2D eigenvalue weighted by molar-refractivity contribution is -0.146. The minimum Gasteiger partial charge on any atom is -0.378 e. The summed E-state index contributed by atoms with van der Waals surface area (Å²) in [5, 5.41) is 8.11. The Hall–Kier alpha value is -1.08. The lowest BCUT2D eigenvalue weighted by atomic mass is 9.97. The summed E-state index contributed by atoms with van der Waals surface area (Å²) >= 11 is 0. The van der Waals surface area contributed by atoms with Crippen LogP contribution in [0.2, 0.25) is 0 Å². The zero-order valence-corrected chi connectivity index (χ0v) is 6.95. The minimum absolute atomic E-state index is 0.0926. The molecule has 1 saturated heterocycles. The highest BCUT2D eigenvalue weighted by atomic mass is 16.5. The van der Waals surface area contributed by atoms with E-state index in [9.17, 15) is 4.79 Å². The van der Waals surface area contributed by atoms with Gasteiger partial charge in [0.05, 0.1) is 12.0 Å². The molecule has 1 aliphatic heterocycles. The van der Waals surface area contributed by atoms with Crippen LogP contribution in [0.15, 0.2) is 0 Å². The van der Waals surface area contributed by atoms with E-state index >= 15 is 0 Å². The van der Waals surface area contributed by atoms with Gasteiger partial charge in [0.25, 0.3) is 6.26 Å². The molecule has 0 radical (unpaired) electrons. The molecule has 4 heteroatoms. The molecular formula is C8H11NO3. The summed E-state index contributed by atoms with van der Waals surface area (Å²) in [7, 11) is 0. The number of esters is 1. The Balaban J connectivity index is 2.41. The summed E-state index contributed by atoms with van der Waals surface area (Å²) in [6.45, 7) is 2.48. The van der Waals surface area contributed by atoms with Crippen molar-refractivity contribution >= 4 is 5.97 Å². The van der Waals surface area contributed by atoms with E-state index in [1.54, 1.807) is 0 Å². The summed E-state index contributed by atoms with van der Waals surface area (Å²) < 4.78 is 9.49. The van der Waals surface area contributed by atoms with E-state index in [1.165, 1.54) is 6.26 Å². The van der Waals surface area contributed by atoms with E-state index in [0.717, 1.165) is 0 Å². The third kappa shape index (κ3) is 2.21. The number of hydrogen-bond donors (Lipinski definition) is 0. The van der Waals surface area contributed by atoms with Crippen LogP contribution < -0.4 is 0 Å². The van der Waals surface area contributed by atoms with E-state index in [-0.39, 0.29) is 12.0 Å². The van der Waals surface area contributed by atoms with Gasteiger partial charge in [0.2, 0.25) is 0 Å². The number of hydrogen-bond acceptors (Lipinski definition) is 4. The number of nitrogens with zero attached hydrogens (tertiary/aromatic N) is 1. The van der Waals surface area contributed by atoms with Gasteiger partial charge in [0, 0.05) is 6.61 Å². The predicted molar refractivity (Wildman–Crippen MR) is 39.8 cm³/mol. The zero-order valence-electron chi connectivity index (χ0n) is 6.95. The van der Waals surface area contributed by atoms with Crippen molar-refractivity contribution in [3.8, 4) is 6.26 Å². The number of rotatable bonds is 1. The Morgan fingerprint density at radius 2 is 2.50 bits per heavy atom. The van der Waals surface area contributed by atoms with Gasteiger partial charge in [-0.25, -0.2) is 0 Å². The van der Waals surface area contributed by atoms with E-state index in [4.69, 9.17) is 10.00 Å². The summed E-state index contributed by atoms with van der Waals surface area (Å²) in [5.41, 5.74) is 0. The third-order valence-electron chi connectivity index (χ3n) is 1.96. The Kier molecular flexibility index (Phi) is 3.06. The second-order valence-electron chi connectivity index (χ2n) is 2.92. The van der Waals surface area contributed by atoms with Gasteiger partial charge in [-0.1, -0.05) is 0 Å². The topological polar surface area (TPSA) is 59.3 Å². The second kappa shape index (κ2) is 4.07. The van der Waals surface area contributed by atoms with Gasteiger partial charge in [0.15, 0.2) is 0 Å². The maximum atomic E-state index is 11.0. The van der Waals surface area contributed by atoms with Crippen LogP contribution >= 0.6 is 0 Å². The molecule has 0 saturated carbocycles. The molecule has 0 aliphatic carbocycles. The van der Waals surface area contributed by atoms with Crippen LogP contribution in [-0.4, -0.2) is 18.7 Å². The molecule has 4 nitrogen and oxygen atoms in total. The van der Waals surface area contributed by atoms with Crippen molar-refractivity contribution in [2.45, 2.75) is 25.9 Å². The quantitative estimate of drug-likeness (QED) is 0.431. The molecule has 2 unspecified atom stereocenters. The summed E-state index contributed by atoms with van der Waals surface area (Å²) in [6.07, 6.45) is 2.79. The number of carbonyl (C=O) groups is 1. The third-order valence-corrected chi connectivity index (χ3v) is 1.96. The largest absolute Gasteiger partial charge is 0.378 e. The average Bonchev–Trinajstić information content (AvgIpc) is 2.05. The van der Waals surface area contributed by atoms with Crippen molar-refractivity contribution < 1.29 is 14.3 Å². The van der Waals surface area contributed by atoms with Gasteiger partial charge in [-0.05, 0) is 19.8 Å². The van der Waals surface area contributed by atoms with E-state index < -0.39 is 5.97 Å². The molecular weight excluding hydrogens is 158 g/mol.